The summed E-state index contributed by atoms with van der Waals surface area (Å²) in [5.41, 5.74) is -1.22. The van der Waals surface area contributed by atoms with Crippen LogP contribution in [-0.2, 0) is 16.1 Å². The average Bonchev–Trinajstić information content (AvgIpc) is 2.77. The van der Waals surface area contributed by atoms with Crippen molar-refractivity contribution in [2.75, 3.05) is 0 Å². The Morgan fingerprint density at radius 3 is 2.58 bits per heavy atom. The predicted molar refractivity (Wildman–Crippen MR) is 65.1 cm³/mol. The van der Waals surface area contributed by atoms with E-state index in [2.05, 4.69) is 10.6 Å². The quantitative estimate of drug-likeness (QED) is 0.741. The van der Waals surface area contributed by atoms with E-state index in [9.17, 15) is 14.4 Å². The summed E-state index contributed by atoms with van der Waals surface area (Å²) in [7, 11) is 0. The highest BCUT2D eigenvalue weighted by molar-refractivity contribution is 5.96. The second kappa shape index (κ2) is 6.03. The SMILES string of the molecule is CC(C)(CC(=O)NC(=O)NCc1ccco1)C(=O)O. The highest BCUT2D eigenvalue weighted by Gasteiger charge is 2.30. The molecule has 0 radical (unpaired) electrons. The molecular formula is C12H16N2O5. The number of carbonyl (C=O) groups excluding carboxylic acids is 2. The largest absolute Gasteiger partial charge is 0.481 e. The normalized spacial score (nSPS) is 10.8. The van der Waals surface area contributed by atoms with Gasteiger partial charge in [0, 0.05) is 6.42 Å². The van der Waals surface area contributed by atoms with E-state index in [1.165, 1.54) is 20.1 Å². The second-order valence-corrected chi connectivity index (χ2v) is 4.68. The number of imide groups is 1. The number of carbonyl (C=O) groups is 3. The van der Waals surface area contributed by atoms with Gasteiger partial charge < -0.3 is 14.8 Å². The maximum atomic E-state index is 11.5. The molecule has 0 saturated heterocycles. The zero-order valence-electron chi connectivity index (χ0n) is 10.7. The zero-order chi connectivity index (χ0) is 14.5. The standard InChI is InChI=1S/C12H16N2O5/c1-12(2,10(16)17)6-9(15)14-11(18)13-7-8-4-3-5-19-8/h3-5H,6-7H2,1-2H3,(H,16,17)(H2,13,14,15,18). The van der Waals surface area contributed by atoms with Crippen LogP contribution in [0.3, 0.4) is 0 Å². The van der Waals surface area contributed by atoms with Crippen molar-refractivity contribution in [2.45, 2.75) is 26.8 Å². The molecule has 0 atom stereocenters. The highest BCUT2D eigenvalue weighted by Crippen LogP contribution is 2.19. The Bertz CT molecular complexity index is 464. The zero-order valence-corrected chi connectivity index (χ0v) is 10.7. The van der Waals surface area contributed by atoms with Crippen molar-refractivity contribution < 1.29 is 23.9 Å². The van der Waals surface area contributed by atoms with E-state index in [1.54, 1.807) is 12.1 Å². The minimum absolute atomic E-state index is 0.147. The van der Waals surface area contributed by atoms with Gasteiger partial charge >= 0.3 is 12.0 Å². The van der Waals surface area contributed by atoms with Crippen LogP contribution in [0.4, 0.5) is 4.79 Å². The first-order valence-electron chi connectivity index (χ1n) is 5.65. The number of carboxylic acid groups (broad SMARTS) is 1. The number of hydrogen-bond acceptors (Lipinski definition) is 4. The monoisotopic (exact) mass is 268 g/mol. The van der Waals surface area contributed by atoms with Gasteiger partial charge in [-0.3, -0.25) is 14.9 Å². The maximum absolute atomic E-state index is 11.5. The number of furan rings is 1. The summed E-state index contributed by atoms with van der Waals surface area (Å²) in [5.74, 6) is -1.20. The van der Waals surface area contributed by atoms with E-state index in [0.717, 1.165) is 0 Å². The van der Waals surface area contributed by atoms with Crippen LogP contribution in [0.5, 0.6) is 0 Å². The summed E-state index contributed by atoms with van der Waals surface area (Å²) < 4.78 is 5.00. The Labute approximate surface area is 110 Å². The Kier molecular flexibility index (Phi) is 4.68. The third-order valence-corrected chi connectivity index (χ3v) is 2.44. The third-order valence-electron chi connectivity index (χ3n) is 2.44. The van der Waals surface area contributed by atoms with Crippen molar-refractivity contribution in [1.82, 2.24) is 10.6 Å². The summed E-state index contributed by atoms with van der Waals surface area (Å²) in [6.07, 6.45) is 1.19. The van der Waals surface area contributed by atoms with Crippen LogP contribution in [0.1, 0.15) is 26.0 Å². The van der Waals surface area contributed by atoms with Crippen LogP contribution in [0.15, 0.2) is 22.8 Å². The van der Waals surface area contributed by atoms with Gasteiger partial charge in [0.25, 0.3) is 0 Å². The predicted octanol–water partition coefficient (Wildman–Crippen LogP) is 1.11. The minimum Gasteiger partial charge on any atom is -0.481 e. The molecule has 1 aromatic heterocycles. The lowest BCUT2D eigenvalue weighted by atomic mass is 9.89. The Hall–Kier alpha value is -2.31. The Balaban J connectivity index is 2.36. The topological polar surface area (TPSA) is 109 Å². The molecular weight excluding hydrogens is 252 g/mol. The first kappa shape index (κ1) is 14.7. The van der Waals surface area contributed by atoms with E-state index in [-0.39, 0.29) is 13.0 Å². The molecule has 0 bridgehead atoms. The van der Waals surface area contributed by atoms with Crippen LogP contribution in [0.25, 0.3) is 0 Å². The number of carboxylic acids is 1. The van der Waals surface area contributed by atoms with Gasteiger partial charge in [0.05, 0.1) is 18.2 Å². The molecule has 0 unspecified atom stereocenters. The molecule has 104 valence electrons. The van der Waals surface area contributed by atoms with Crippen LogP contribution in [0.2, 0.25) is 0 Å². The smallest absolute Gasteiger partial charge is 0.321 e. The van der Waals surface area contributed by atoms with Crippen molar-refractivity contribution in [3.63, 3.8) is 0 Å². The number of aliphatic carboxylic acids is 1. The molecule has 1 rings (SSSR count). The molecule has 3 N–H and O–H groups in total. The molecule has 0 spiro atoms. The molecule has 19 heavy (non-hydrogen) atoms. The van der Waals surface area contributed by atoms with Gasteiger partial charge in [-0.15, -0.1) is 0 Å². The number of hydrogen-bond donors (Lipinski definition) is 3. The minimum atomic E-state index is -1.22. The molecule has 7 nitrogen and oxygen atoms in total. The van der Waals surface area contributed by atoms with Gasteiger partial charge in [-0.1, -0.05) is 0 Å². The van der Waals surface area contributed by atoms with E-state index in [4.69, 9.17) is 9.52 Å². The highest BCUT2D eigenvalue weighted by atomic mass is 16.4. The molecule has 0 saturated carbocycles. The molecule has 0 aliphatic heterocycles. The lowest BCUT2D eigenvalue weighted by molar-refractivity contribution is -0.149. The molecule has 0 aliphatic carbocycles. The maximum Gasteiger partial charge on any atom is 0.321 e. The fourth-order valence-corrected chi connectivity index (χ4v) is 1.27. The van der Waals surface area contributed by atoms with E-state index in [1.807, 2.05) is 0 Å². The van der Waals surface area contributed by atoms with Crippen molar-refractivity contribution >= 4 is 17.9 Å². The number of nitrogens with one attached hydrogen (secondary N) is 2. The number of rotatable bonds is 5. The van der Waals surface area contributed by atoms with Gasteiger partial charge in [-0.25, -0.2) is 4.79 Å². The summed E-state index contributed by atoms with van der Waals surface area (Å²) >= 11 is 0. The summed E-state index contributed by atoms with van der Waals surface area (Å²) in [6.45, 7) is 2.97. The van der Waals surface area contributed by atoms with Crippen molar-refractivity contribution in [3.8, 4) is 0 Å². The number of amides is 3. The van der Waals surface area contributed by atoms with E-state index < -0.39 is 23.3 Å². The van der Waals surface area contributed by atoms with Crippen LogP contribution < -0.4 is 10.6 Å². The molecule has 1 heterocycles. The van der Waals surface area contributed by atoms with Gasteiger partial charge in [-0.2, -0.15) is 0 Å². The van der Waals surface area contributed by atoms with E-state index >= 15 is 0 Å². The number of urea groups is 1. The van der Waals surface area contributed by atoms with Crippen molar-refractivity contribution in [2.24, 2.45) is 5.41 Å². The third kappa shape index (κ3) is 4.82. The first-order valence-corrected chi connectivity index (χ1v) is 5.65. The second-order valence-electron chi connectivity index (χ2n) is 4.68. The molecule has 0 aliphatic rings. The first-order chi connectivity index (χ1) is 8.81. The van der Waals surface area contributed by atoms with Gasteiger partial charge in [0.2, 0.25) is 5.91 Å². The van der Waals surface area contributed by atoms with E-state index in [0.29, 0.717) is 5.76 Å². The van der Waals surface area contributed by atoms with Crippen LogP contribution in [-0.4, -0.2) is 23.0 Å². The van der Waals surface area contributed by atoms with Crippen LogP contribution in [0, 0.1) is 5.41 Å². The van der Waals surface area contributed by atoms with Crippen molar-refractivity contribution in [1.29, 1.82) is 0 Å². The fraction of sp³-hybridized carbons (Fsp3) is 0.417. The van der Waals surface area contributed by atoms with Crippen molar-refractivity contribution in [3.05, 3.63) is 24.2 Å². The lowest BCUT2D eigenvalue weighted by Gasteiger charge is -2.17. The Morgan fingerprint density at radius 2 is 2.05 bits per heavy atom. The molecule has 0 aromatic carbocycles. The lowest BCUT2D eigenvalue weighted by Crippen LogP contribution is -2.41. The van der Waals surface area contributed by atoms with Crippen LogP contribution >= 0.6 is 0 Å². The summed E-state index contributed by atoms with van der Waals surface area (Å²) in [6, 6.07) is 2.66. The Morgan fingerprint density at radius 1 is 1.37 bits per heavy atom. The van der Waals surface area contributed by atoms with Gasteiger partial charge in [0.15, 0.2) is 0 Å². The average molecular weight is 268 g/mol. The molecule has 0 fully saturated rings. The molecule has 1 aromatic rings. The van der Waals surface area contributed by atoms with Gasteiger partial charge in [0.1, 0.15) is 5.76 Å². The molecule has 7 heteroatoms. The summed E-state index contributed by atoms with van der Waals surface area (Å²) in [4.78, 5) is 33.7. The fourth-order valence-electron chi connectivity index (χ4n) is 1.27. The molecule has 3 amide bonds. The summed E-state index contributed by atoms with van der Waals surface area (Å²) in [5, 5.41) is 13.3. The van der Waals surface area contributed by atoms with Gasteiger partial charge in [-0.05, 0) is 26.0 Å².